The molecule has 1 aromatic carbocycles. The van der Waals surface area contributed by atoms with Gasteiger partial charge in [0.2, 0.25) is 0 Å². The number of nitrogens with zero attached hydrogens (tertiary/aromatic N) is 4. The van der Waals surface area contributed by atoms with Crippen molar-refractivity contribution in [2.75, 3.05) is 32.7 Å². The number of aromatic nitrogens is 2. The highest BCUT2D eigenvalue weighted by Crippen LogP contribution is 2.33. The standard InChI is InChI=1S/C28H33N5O2S/c1-18-9-10-25(36-18)27(34)31-24(21-7-5-4-6-8-21)11-12-32-13-22-15-33(16-23(22)14-32)28(35)26-19(2)29-17-30-20(26)3/h4-10,17,22-24H,11-16H2,1-3H3,(H,31,34)/t22-,23?,24?/m0/s1. The fourth-order valence-electron chi connectivity index (χ4n) is 5.60. The van der Waals surface area contributed by atoms with Gasteiger partial charge in [0.05, 0.1) is 27.9 Å². The molecule has 1 N–H and O–H groups in total. The van der Waals surface area contributed by atoms with E-state index in [2.05, 4.69) is 32.3 Å². The van der Waals surface area contributed by atoms with Gasteiger partial charge in [-0.15, -0.1) is 11.3 Å². The molecule has 0 radical (unpaired) electrons. The lowest BCUT2D eigenvalue weighted by molar-refractivity contribution is 0.0771. The molecule has 3 aromatic rings. The van der Waals surface area contributed by atoms with Crippen molar-refractivity contribution in [2.45, 2.75) is 33.2 Å². The molecule has 2 aromatic heterocycles. The van der Waals surface area contributed by atoms with Gasteiger partial charge in [0.1, 0.15) is 6.33 Å². The first kappa shape index (κ1) is 24.6. The van der Waals surface area contributed by atoms with E-state index in [4.69, 9.17) is 0 Å². The van der Waals surface area contributed by atoms with Gasteiger partial charge in [-0.1, -0.05) is 30.3 Å². The number of hydrogen-bond acceptors (Lipinski definition) is 6. The SMILES string of the molecule is Cc1ccc(C(=O)NC(CCN2CC3CN(C(=O)c4c(C)ncnc4C)C[C@@H]3C2)c2ccccc2)s1. The molecule has 0 bridgehead atoms. The Morgan fingerprint density at radius 2 is 1.64 bits per heavy atom. The number of thiophene rings is 1. The normalized spacial score (nSPS) is 20.4. The zero-order valence-corrected chi connectivity index (χ0v) is 21.9. The molecule has 4 heterocycles. The number of carbonyl (C=O) groups is 2. The van der Waals surface area contributed by atoms with Crippen LogP contribution in [0.2, 0.25) is 0 Å². The Balaban J connectivity index is 1.19. The molecule has 5 rings (SSSR count). The van der Waals surface area contributed by atoms with Gasteiger partial charge in [-0.2, -0.15) is 0 Å². The van der Waals surface area contributed by atoms with Crippen LogP contribution in [0, 0.1) is 32.6 Å². The van der Waals surface area contributed by atoms with E-state index < -0.39 is 0 Å². The molecule has 2 unspecified atom stereocenters. The molecule has 188 valence electrons. The summed E-state index contributed by atoms with van der Waals surface area (Å²) < 4.78 is 0. The van der Waals surface area contributed by atoms with Gasteiger partial charge in [-0.3, -0.25) is 9.59 Å². The van der Waals surface area contributed by atoms with Gasteiger partial charge in [0.25, 0.3) is 11.8 Å². The minimum absolute atomic E-state index is 0.00937. The van der Waals surface area contributed by atoms with Gasteiger partial charge in [-0.25, -0.2) is 9.97 Å². The second-order valence-corrected chi connectivity index (χ2v) is 11.3. The van der Waals surface area contributed by atoms with E-state index in [9.17, 15) is 9.59 Å². The molecule has 0 aliphatic carbocycles. The topological polar surface area (TPSA) is 78.4 Å². The molecule has 0 saturated carbocycles. The summed E-state index contributed by atoms with van der Waals surface area (Å²) in [6.07, 6.45) is 2.37. The quantitative estimate of drug-likeness (QED) is 0.527. The van der Waals surface area contributed by atoms with Gasteiger partial charge >= 0.3 is 0 Å². The van der Waals surface area contributed by atoms with Crippen molar-refractivity contribution < 1.29 is 9.59 Å². The van der Waals surface area contributed by atoms with Crippen LogP contribution in [0.3, 0.4) is 0 Å². The lowest BCUT2D eigenvalue weighted by Crippen LogP contribution is -2.35. The second-order valence-electron chi connectivity index (χ2n) is 10.0. The van der Waals surface area contributed by atoms with Crippen molar-refractivity contribution in [3.05, 3.63) is 81.1 Å². The fraction of sp³-hybridized carbons (Fsp3) is 0.429. The Bertz CT molecular complexity index is 1210. The molecule has 36 heavy (non-hydrogen) atoms. The Morgan fingerprint density at radius 3 is 2.25 bits per heavy atom. The van der Waals surface area contributed by atoms with Crippen LogP contribution in [0.25, 0.3) is 0 Å². The highest BCUT2D eigenvalue weighted by Gasteiger charge is 2.42. The number of carbonyl (C=O) groups excluding carboxylic acids is 2. The predicted molar refractivity (Wildman–Crippen MR) is 141 cm³/mol. The lowest BCUT2D eigenvalue weighted by atomic mass is 10.0. The average molecular weight is 504 g/mol. The van der Waals surface area contributed by atoms with Gasteiger partial charge in [0.15, 0.2) is 0 Å². The monoisotopic (exact) mass is 503 g/mol. The molecule has 7 nitrogen and oxygen atoms in total. The summed E-state index contributed by atoms with van der Waals surface area (Å²) in [5.74, 6) is 1.02. The molecule has 2 amide bonds. The van der Waals surface area contributed by atoms with Crippen LogP contribution < -0.4 is 5.32 Å². The number of fused-ring (bicyclic) bond motifs is 1. The Kier molecular flexibility index (Phi) is 7.16. The number of likely N-dealkylation sites (tertiary alicyclic amines) is 2. The first-order valence-corrected chi connectivity index (χ1v) is 13.4. The smallest absolute Gasteiger partial charge is 0.261 e. The predicted octanol–water partition coefficient (Wildman–Crippen LogP) is 4.03. The molecular formula is C28H33N5O2S. The van der Waals surface area contributed by atoms with Crippen LogP contribution in [-0.2, 0) is 0 Å². The first-order chi connectivity index (χ1) is 17.4. The summed E-state index contributed by atoms with van der Waals surface area (Å²) in [6, 6.07) is 14.1. The number of amides is 2. The maximum atomic E-state index is 13.2. The number of benzene rings is 1. The van der Waals surface area contributed by atoms with E-state index in [-0.39, 0.29) is 17.9 Å². The largest absolute Gasteiger partial charge is 0.344 e. The van der Waals surface area contributed by atoms with E-state index in [0.29, 0.717) is 17.4 Å². The van der Waals surface area contributed by atoms with Gasteiger partial charge in [0, 0.05) is 37.6 Å². The molecule has 2 aliphatic heterocycles. The average Bonchev–Trinajstić information content (AvgIpc) is 3.57. The van der Waals surface area contributed by atoms with Crippen LogP contribution in [-0.4, -0.2) is 64.3 Å². The molecule has 2 saturated heterocycles. The third kappa shape index (κ3) is 5.20. The first-order valence-electron chi connectivity index (χ1n) is 12.6. The summed E-state index contributed by atoms with van der Waals surface area (Å²) in [7, 11) is 0. The van der Waals surface area contributed by atoms with Crippen molar-refractivity contribution in [1.29, 1.82) is 0 Å². The van der Waals surface area contributed by atoms with E-state index in [1.165, 1.54) is 17.7 Å². The van der Waals surface area contributed by atoms with Crippen LogP contribution >= 0.6 is 11.3 Å². The molecule has 3 atom stereocenters. The van der Waals surface area contributed by atoms with Crippen LogP contribution in [0.5, 0.6) is 0 Å². The summed E-state index contributed by atoms with van der Waals surface area (Å²) in [5, 5.41) is 3.27. The van der Waals surface area contributed by atoms with Crippen molar-refractivity contribution in [1.82, 2.24) is 25.1 Å². The molecule has 2 fully saturated rings. The third-order valence-electron chi connectivity index (χ3n) is 7.49. The molecule has 8 heteroatoms. The summed E-state index contributed by atoms with van der Waals surface area (Å²) >= 11 is 1.53. The minimum atomic E-state index is -0.0383. The molecule has 0 spiro atoms. The Hall–Kier alpha value is -3.10. The van der Waals surface area contributed by atoms with E-state index in [1.54, 1.807) is 0 Å². The van der Waals surface area contributed by atoms with E-state index in [0.717, 1.165) is 65.9 Å². The zero-order chi connectivity index (χ0) is 25.2. The van der Waals surface area contributed by atoms with Crippen molar-refractivity contribution in [2.24, 2.45) is 11.8 Å². The number of hydrogen-bond donors (Lipinski definition) is 1. The van der Waals surface area contributed by atoms with Gasteiger partial charge in [-0.05, 0) is 56.7 Å². The van der Waals surface area contributed by atoms with Crippen LogP contribution in [0.15, 0.2) is 48.8 Å². The summed E-state index contributed by atoms with van der Waals surface area (Å²) in [5.41, 5.74) is 3.28. The maximum Gasteiger partial charge on any atom is 0.261 e. The highest BCUT2D eigenvalue weighted by atomic mass is 32.1. The van der Waals surface area contributed by atoms with Crippen LogP contribution in [0.1, 0.15) is 54.3 Å². The second kappa shape index (κ2) is 10.5. The van der Waals surface area contributed by atoms with Gasteiger partial charge < -0.3 is 15.1 Å². The Labute approximate surface area is 216 Å². The minimum Gasteiger partial charge on any atom is -0.344 e. The maximum absolute atomic E-state index is 13.2. The van der Waals surface area contributed by atoms with E-state index in [1.807, 2.05) is 56.0 Å². The van der Waals surface area contributed by atoms with Crippen LogP contribution in [0.4, 0.5) is 0 Å². The van der Waals surface area contributed by atoms with Crippen molar-refractivity contribution in [3.8, 4) is 0 Å². The van der Waals surface area contributed by atoms with E-state index >= 15 is 0 Å². The Morgan fingerprint density at radius 1 is 0.972 bits per heavy atom. The summed E-state index contributed by atoms with van der Waals surface area (Å²) in [6.45, 7) is 10.2. The summed E-state index contributed by atoms with van der Waals surface area (Å²) in [4.78, 5) is 40.9. The molecular weight excluding hydrogens is 470 g/mol. The fourth-order valence-corrected chi connectivity index (χ4v) is 6.38. The number of rotatable bonds is 7. The molecule has 2 aliphatic rings. The highest BCUT2D eigenvalue weighted by molar-refractivity contribution is 7.13. The third-order valence-corrected chi connectivity index (χ3v) is 8.49. The van der Waals surface area contributed by atoms with Crippen molar-refractivity contribution >= 4 is 23.2 Å². The zero-order valence-electron chi connectivity index (χ0n) is 21.1. The number of nitrogens with one attached hydrogen (secondary N) is 1. The lowest BCUT2D eigenvalue weighted by Gasteiger charge is -2.25. The van der Waals surface area contributed by atoms with Crippen molar-refractivity contribution in [3.63, 3.8) is 0 Å². The number of aryl methyl sites for hydroxylation is 3.